The number of piperazine rings is 1. The Labute approximate surface area is 112 Å². The third-order valence-electron chi connectivity index (χ3n) is 4.41. The molecule has 2 fully saturated rings. The van der Waals surface area contributed by atoms with E-state index < -0.39 is 0 Å². The molecule has 104 valence electrons. The quantitative estimate of drug-likeness (QED) is 0.716. The maximum absolute atomic E-state index is 12.0. The van der Waals surface area contributed by atoms with Crippen molar-refractivity contribution in [2.75, 3.05) is 39.3 Å². The molecule has 1 atom stereocenters. The molecular weight excluding hydrogens is 224 g/mol. The lowest BCUT2D eigenvalue weighted by molar-refractivity contribution is -0.123. The lowest BCUT2D eigenvalue weighted by Crippen LogP contribution is -2.48. The number of nitrogens with zero attached hydrogens (tertiary/aromatic N) is 2. The second-order valence-corrected chi connectivity index (χ2v) is 5.90. The fraction of sp³-hybridized carbons (Fsp3) is 0.933. The Morgan fingerprint density at radius 1 is 1.06 bits per heavy atom. The summed E-state index contributed by atoms with van der Waals surface area (Å²) in [7, 11) is 0. The topological polar surface area (TPSA) is 23.6 Å². The van der Waals surface area contributed by atoms with Gasteiger partial charge in [0.15, 0.2) is 0 Å². The van der Waals surface area contributed by atoms with Crippen LogP contribution in [0.4, 0.5) is 0 Å². The van der Waals surface area contributed by atoms with Gasteiger partial charge in [0.25, 0.3) is 0 Å². The Morgan fingerprint density at radius 2 is 1.78 bits per heavy atom. The summed E-state index contributed by atoms with van der Waals surface area (Å²) in [4.78, 5) is 17.1. The van der Waals surface area contributed by atoms with E-state index in [1.807, 2.05) is 0 Å². The van der Waals surface area contributed by atoms with E-state index >= 15 is 0 Å². The van der Waals surface area contributed by atoms with Gasteiger partial charge in [-0.1, -0.05) is 19.8 Å². The van der Waals surface area contributed by atoms with E-state index in [0.717, 1.165) is 38.9 Å². The van der Waals surface area contributed by atoms with Crippen LogP contribution in [0.2, 0.25) is 0 Å². The average molecular weight is 252 g/mol. The third kappa shape index (κ3) is 4.06. The van der Waals surface area contributed by atoms with Gasteiger partial charge < -0.3 is 9.80 Å². The Bertz CT molecular complexity index is 259. The van der Waals surface area contributed by atoms with Crippen molar-refractivity contribution < 1.29 is 4.79 Å². The van der Waals surface area contributed by atoms with Gasteiger partial charge in [0.1, 0.15) is 5.78 Å². The summed E-state index contributed by atoms with van der Waals surface area (Å²) in [5.74, 6) is 0.869. The van der Waals surface area contributed by atoms with E-state index in [2.05, 4.69) is 16.7 Å². The van der Waals surface area contributed by atoms with Crippen LogP contribution >= 0.6 is 0 Å². The monoisotopic (exact) mass is 252 g/mol. The van der Waals surface area contributed by atoms with E-state index in [1.165, 1.54) is 38.9 Å². The molecule has 3 heteroatoms. The van der Waals surface area contributed by atoms with Gasteiger partial charge in [-0.3, -0.25) is 4.79 Å². The fourth-order valence-corrected chi connectivity index (χ4v) is 3.25. The molecule has 18 heavy (non-hydrogen) atoms. The molecule has 1 aliphatic carbocycles. The summed E-state index contributed by atoms with van der Waals surface area (Å²) in [6.45, 7) is 9.20. The number of hydrogen-bond donors (Lipinski definition) is 0. The maximum Gasteiger partial charge on any atom is 0.137 e. The standard InChI is InChI=1S/C15H28N2O/c1-2-8-16-9-11-17(12-10-16)13-14-6-4-3-5-7-15(14)18/h14H,2-13H2,1H3. The molecule has 1 aliphatic heterocycles. The van der Waals surface area contributed by atoms with Gasteiger partial charge >= 0.3 is 0 Å². The fourth-order valence-electron chi connectivity index (χ4n) is 3.25. The van der Waals surface area contributed by atoms with Crippen molar-refractivity contribution in [1.29, 1.82) is 0 Å². The van der Waals surface area contributed by atoms with E-state index in [-0.39, 0.29) is 0 Å². The number of Topliss-reactive ketones (excluding diaryl/α,β-unsaturated/α-hetero) is 1. The molecule has 0 aromatic heterocycles. The molecule has 0 bridgehead atoms. The number of ketones is 1. The molecule has 1 saturated carbocycles. The lowest BCUT2D eigenvalue weighted by atomic mass is 9.98. The summed E-state index contributed by atoms with van der Waals surface area (Å²) < 4.78 is 0. The summed E-state index contributed by atoms with van der Waals surface area (Å²) in [5, 5.41) is 0. The van der Waals surface area contributed by atoms with Crippen molar-refractivity contribution in [1.82, 2.24) is 9.80 Å². The van der Waals surface area contributed by atoms with Gasteiger partial charge in [0.05, 0.1) is 0 Å². The maximum atomic E-state index is 12.0. The van der Waals surface area contributed by atoms with E-state index in [4.69, 9.17) is 0 Å². The van der Waals surface area contributed by atoms with Crippen LogP contribution in [0.15, 0.2) is 0 Å². The molecule has 0 spiro atoms. The second-order valence-electron chi connectivity index (χ2n) is 5.90. The minimum Gasteiger partial charge on any atom is -0.301 e. The van der Waals surface area contributed by atoms with E-state index in [0.29, 0.717) is 11.7 Å². The highest BCUT2D eigenvalue weighted by atomic mass is 16.1. The molecule has 0 N–H and O–H groups in total. The number of carbonyl (C=O) groups excluding carboxylic acids is 1. The molecule has 1 saturated heterocycles. The smallest absolute Gasteiger partial charge is 0.137 e. The van der Waals surface area contributed by atoms with Crippen molar-refractivity contribution in [3.8, 4) is 0 Å². The van der Waals surface area contributed by atoms with Gasteiger partial charge in [-0.25, -0.2) is 0 Å². The van der Waals surface area contributed by atoms with Crippen LogP contribution < -0.4 is 0 Å². The minimum absolute atomic E-state index is 0.338. The molecule has 0 radical (unpaired) electrons. The van der Waals surface area contributed by atoms with Crippen molar-refractivity contribution in [2.24, 2.45) is 5.92 Å². The zero-order valence-corrected chi connectivity index (χ0v) is 11.9. The summed E-state index contributed by atoms with van der Waals surface area (Å²) in [5.41, 5.74) is 0. The molecule has 0 aromatic rings. The molecule has 2 aliphatic rings. The van der Waals surface area contributed by atoms with Crippen LogP contribution in [0.1, 0.15) is 45.4 Å². The molecular formula is C15H28N2O. The van der Waals surface area contributed by atoms with Gasteiger partial charge in [-0.05, 0) is 25.8 Å². The third-order valence-corrected chi connectivity index (χ3v) is 4.41. The van der Waals surface area contributed by atoms with Gasteiger partial charge in [0, 0.05) is 45.1 Å². The van der Waals surface area contributed by atoms with Crippen LogP contribution in [0.25, 0.3) is 0 Å². The zero-order chi connectivity index (χ0) is 12.8. The highest BCUT2D eigenvalue weighted by Gasteiger charge is 2.25. The van der Waals surface area contributed by atoms with Gasteiger partial charge in [0.2, 0.25) is 0 Å². The van der Waals surface area contributed by atoms with Crippen LogP contribution in [-0.2, 0) is 4.79 Å². The van der Waals surface area contributed by atoms with Gasteiger partial charge in [-0.2, -0.15) is 0 Å². The molecule has 2 rings (SSSR count). The van der Waals surface area contributed by atoms with Crippen LogP contribution in [0.5, 0.6) is 0 Å². The highest BCUT2D eigenvalue weighted by molar-refractivity contribution is 5.81. The number of hydrogen-bond acceptors (Lipinski definition) is 3. The average Bonchev–Trinajstić information content (AvgIpc) is 2.58. The Kier molecular flexibility index (Phi) is 5.64. The van der Waals surface area contributed by atoms with Crippen molar-refractivity contribution in [3.05, 3.63) is 0 Å². The van der Waals surface area contributed by atoms with Crippen LogP contribution in [0.3, 0.4) is 0 Å². The van der Waals surface area contributed by atoms with Gasteiger partial charge in [-0.15, -0.1) is 0 Å². The molecule has 1 unspecified atom stereocenters. The summed E-state index contributed by atoms with van der Waals surface area (Å²) >= 11 is 0. The molecule has 0 aromatic carbocycles. The largest absolute Gasteiger partial charge is 0.301 e. The van der Waals surface area contributed by atoms with Crippen LogP contribution in [0, 0.1) is 5.92 Å². The second kappa shape index (κ2) is 7.25. The van der Waals surface area contributed by atoms with Crippen molar-refractivity contribution in [3.63, 3.8) is 0 Å². The van der Waals surface area contributed by atoms with Crippen LogP contribution in [-0.4, -0.2) is 54.9 Å². The first-order valence-corrected chi connectivity index (χ1v) is 7.77. The predicted octanol–water partition coefficient (Wildman–Crippen LogP) is 2.16. The predicted molar refractivity (Wildman–Crippen MR) is 74.8 cm³/mol. The van der Waals surface area contributed by atoms with Crippen molar-refractivity contribution >= 4 is 5.78 Å². The first-order chi connectivity index (χ1) is 8.79. The Hall–Kier alpha value is -0.410. The minimum atomic E-state index is 0.338. The van der Waals surface area contributed by atoms with Crippen molar-refractivity contribution in [2.45, 2.75) is 45.4 Å². The number of rotatable bonds is 4. The molecule has 0 amide bonds. The lowest BCUT2D eigenvalue weighted by Gasteiger charge is -2.36. The highest BCUT2D eigenvalue weighted by Crippen LogP contribution is 2.21. The first kappa shape index (κ1) is 14.0. The molecule has 1 heterocycles. The Morgan fingerprint density at radius 3 is 2.50 bits per heavy atom. The Balaban J connectivity index is 1.74. The zero-order valence-electron chi connectivity index (χ0n) is 11.9. The SMILES string of the molecule is CCCN1CCN(CC2CCCCCC2=O)CC1. The van der Waals surface area contributed by atoms with E-state index in [1.54, 1.807) is 0 Å². The summed E-state index contributed by atoms with van der Waals surface area (Å²) in [6, 6.07) is 0. The number of carbonyl (C=O) groups is 1. The normalized spacial score (nSPS) is 28.3. The van der Waals surface area contributed by atoms with E-state index in [9.17, 15) is 4.79 Å². The molecule has 3 nitrogen and oxygen atoms in total. The summed E-state index contributed by atoms with van der Waals surface area (Å²) in [6.07, 6.45) is 6.86. The first-order valence-electron chi connectivity index (χ1n) is 7.77.